The van der Waals surface area contributed by atoms with E-state index in [4.69, 9.17) is 9.47 Å². The first-order valence-corrected chi connectivity index (χ1v) is 18.8. The lowest BCUT2D eigenvalue weighted by atomic mass is 10.0. The fourth-order valence-electron chi connectivity index (χ4n) is 5.59. The zero-order chi connectivity index (χ0) is 30.1. The molecule has 0 radical (unpaired) electrons. The molecule has 0 bridgehead atoms. The van der Waals surface area contributed by atoms with Gasteiger partial charge in [-0.2, -0.15) is 4.57 Å². The molecule has 1 aromatic rings. The molecule has 242 valence electrons. The second-order valence-corrected chi connectivity index (χ2v) is 13.7. The van der Waals surface area contributed by atoms with E-state index in [-0.39, 0.29) is 16.6 Å². The molecule has 7 nitrogen and oxygen atoms in total. The molecule has 0 spiro atoms. The van der Waals surface area contributed by atoms with Gasteiger partial charge in [-0.15, -0.1) is 0 Å². The lowest BCUT2D eigenvalue weighted by molar-refractivity contribution is -0.692. The monoisotopic (exact) mass is 626 g/mol. The van der Waals surface area contributed by atoms with Gasteiger partial charge in [-0.25, -0.2) is 4.79 Å². The first-order chi connectivity index (χ1) is 20.7. The van der Waals surface area contributed by atoms with E-state index in [1.807, 2.05) is 0 Å². The smallest absolute Gasteiger partial charge is 0.411 e. The van der Waals surface area contributed by atoms with Crippen molar-refractivity contribution in [3.8, 4) is 0 Å². The third-order valence-corrected chi connectivity index (χ3v) is 9.91. The van der Waals surface area contributed by atoms with Crippen LogP contribution in [0.5, 0.6) is 0 Å². The zero-order valence-corrected chi connectivity index (χ0v) is 28.3. The van der Waals surface area contributed by atoms with Crippen molar-refractivity contribution < 1.29 is 23.6 Å². The number of hydrogen-bond donors (Lipinski definition) is 1. The van der Waals surface area contributed by atoms with Crippen molar-refractivity contribution in [3.63, 3.8) is 0 Å². The van der Waals surface area contributed by atoms with Gasteiger partial charge in [0.25, 0.3) is 5.24 Å². The summed E-state index contributed by atoms with van der Waals surface area (Å²) in [6.07, 6.45) is 26.0. The second-order valence-electron chi connectivity index (χ2n) is 11.7. The lowest BCUT2D eigenvalue weighted by Gasteiger charge is -2.38. The van der Waals surface area contributed by atoms with Crippen molar-refractivity contribution in [1.29, 1.82) is 0 Å². The number of nitrogens with one attached hydrogen (secondary N) is 1. The van der Waals surface area contributed by atoms with Crippen molar-refractivity contribution in [1.82, 2.24) is 10.2 Å². The van der Waals surface area contributed by atoms with Crippen LogP contribution in [0.15, 0.2) is 17.1 Å². The minimum Gasteiger partial charge on any atom is -0.453 e. The van der Waals surface area contributed by atoms with E-state index in [1.165, 1.54) is 109 Å². The average Bonchev–Trinajstić information content (AvgIpc) is 3.52. The summed E-state index contributed by atoms with van der Waals surface area (Å²) in [5.41, 5.74) is 2.11. The Morgan fingerprint density at radius 2 is 1.55 bits per heavy atom. The standard InChI is InChI=1S/C33H59N3O4S2/c1-3-4-5-6-7-8-9-10-11-12-13-14-15-16-18-23-34-32(37)42-30-22-21-27-40-31(30)36(33(38)39-2)25-20-17-19-24-35-26-28-41-29-35/h26,28-31H,3-25,27H2,1-2H3/p+1/t30-,31+/m0/s1. The Hall–Kier alpha value is -1.32. The molecule has 1 saturated heterocycles. The van der Waals surface area contributed by atoms with Crippen molar-refractivity contribution >= 4 is 34.4 Å². The van der Waals surface area contributed by atoms with Crippen LogP contribution < -0.4 is 9.88 Å². The Balaban J connectivity index is 1.54. The van der Waals surface area contributed by atoms with E-state index in [0.29, 0.717) is 19.7 Å². The minimum absolute atomic E-state index is 0.0153. The van der Waals surface area contributed by atoms with Gasteiger partial charge in [-0.3, -0.25) is 9.69 Å². The summed E-state index contributed by atoms with van der Waals surface area (Å²) in [7, 11) is 1.41. The van der Waals surface area contributed by atoms with E-state index in [2.05, 4.69) is 33.9 Å². The maximum Gasteiger partial charge on any atom is 0.411 e. The van der Waals surface area contributed by atoms with E-state index in [1.54, 1.807) is 16.2 Å². The fraction of sp³-hybridized carbons (Fsp3) is 0.848. The maximum atomic E-state index is 12.7. The molecule has 0 saturated carbocycles. The molecule has 1 fully saturated rings. The van der Waals surface area contributed by atoms with Crippen LogP contribution in [0.4, 0.5) is 9.59 Å². The second kappa shape index (κ2) is 25.1. The summed E-state index contributed by atoms with van der Waals surface area (Å²) < 4.78 is 13.3. The van der Waals surface area contributed by atoms with Gasteiger partial charge < -0.3 is 14.8 Å². The molecule has 42 heavy (non-hydrogen) atoms. The fourth-order valence-corrected chi connectivity index (χ4v) is 7.31. The topological polar surface area (TPSA) is 71.8 Å². The van der Waals surface area contributed by atoms with Gasteiger partial charge >= 0.3 is 6.09 Å². The number of aryl methyl sites for hydroxylation is 1. The molecule has 0 aromatic carbocycles. The first-order valence-electron chi connectivity index (χ1n) is 17.0. The van der Waals surface area contributed by atoms with Gasteiger partial charge in [0.15, 0.2) is 6.20 Å². The molecule has 2 atom stereocenters. The van der Waals surface area contributed by atoms with Gasteiger partial charge in [0.2, 0.25) is 5.51 Å². The molecule has 9 heteroatoms. The van der Waals surface area contributed by atoms with Crippen molar-refractivity contribution in [2.24, 2.45) is 0 Å². The third kappa shape index (κ3) is 17.1. The summed E-state index contributed by atoms with van der Waals surface area (Å²) in [5, 5.41) is 5.06. The molecule has 1 aliphatic heterocycles. The van der Waals surface area contributed by atoms with Crippen LogP contribution in [-0.2, 0) is 16.0 Å². The highest BCUT2D eigenvalue weighted by molar-refractivity contribution is 8.14. The largest absolute Gasteiger partial charge is 0.453 e. The molecule has 1 aliphatic rings. The molecule has 2 heterocycles. The van der Waals surface area contributed by atoms with Gasteiger partial charge in [0, 0.05) is 26.1 Å². The molecule has 0 unspecified atom stereocenters. The van der Waals surface area contributed by atoms with E-state index >= 15 is 0 Å². The van der Waals surface area contributed by atoms with Crippen LogP contribution in [0.3, 0.4) is 0 Å². The van der Waals surface area contributed by atoms with E-state index in [9.17, 15) is 9.59 Å². The number of thioether (sulfide) groups is 1. The predicted octanol–water partition coefficient (Wildman–Crippen LogP) is 9.09. The Labute approximate surface area is 264 Å². The van der Waals surface area contributed by atoms with Gasteiger partial charge in [0.05, 0.1) is 17.7 Å². The highest BCUT2D eigenvalue weighted by Crippen LogP contribution is 2.29. The number of hydrogen-bond acceptors (Lipinski definition) is 6. The number of amides is 2. The number of unbranched alkanes of at least 4 members (excludes halogenated alkanes) is 16. The summed E-state index contributed by atoms with van der Waals surface area (Å²) in [4.78, 5) is 27.1. The average molecular weight is 627 g/mol. The van der Waals surface area contributed by atoms with Crippen LogP contribution in [0.2, 0.25) is 0 Å². The summed E-state index contributed by atoms with van der Waals surface area (Å²) >= 11 is 2.98. The molecular formula is C33H60N3O4S2+. The SMILES string of the molecule is CCCCCCCCCCCCCCCCCNC(=O)S[C@H]1CCCO[C@H]1N(CCCCC[n+]1ccsc1)C(=O)OC. The summed E-state index contributed by atoms with van der Waals surface area (Å²) in [6.45, 7) is 5.15. The van der Waals surface area contributed by atoms with Crippen LogP contribution in [-0.4, -0.2) is 54.5 Å². The van der Waals surface area contributed by atoms with Crippen molar-refractivity contribution in [2.45, 2.75) is 153 Å². The number of thiazole rings is 1. The zero-order valence-electron chi connectivity index (χ0n) is 26.7. The minimum atomic E-state index is -0.431. The number of rotatable bonds is 24. The molecule has 1 aromatic heterocycles. The van der Waals surface area contributed by atoms with Crippen LogP contribution >= 0.6 is 23.1 Å². The summed E-state index contributed by atoms with van der Waals surface area (Å²) in [6, 6.07) is 0. The maximum absolute atomic E-state index is 12.7. The highest BCUT2D eigenvalue weighted by atomic mass is 32.2. The quantitative estimate of drug-likeness (QED) is 0.0915. The highest BCUT2D eigenvalue weighted by Gasteiger charge is 2.36. The number of nitrogens with zero attached hydrogens (tertiary/aromatic N) is 2. The van der Waals surface area contributed by atoms with Crippen LogP contribution in [0.1, 0.15) is 135 Å². The molecule has 0 aliphatic carbocycles. The molecule has 2 rings (SSSR count). The molecular weight excluding hydrogens is 567 g/mol. The van der Waals surface area contributed by atoms with Gasteiger partial charge in [-0.05, 0) is 32.1 Å². The predicted molar refractivity (Wildman–Crippen MR) is 176 cm³/mol. The first kappa shape index (κ1) is 36.9. The number of methoxy groups -OCH3 is 1. The molecule has 2 amide bonds. The Kier molecular flexibility index (Phi) is 22.0. The van der Waals surface area contributed by atoms with E-state index in [0.717, 1.165) is 45.1 Å². The number of aromatic nitrogens is 1. The Bertz CT molecular complexity index is 796. The normalized spacial score (nSPS) is 16.8. The number of carbonyl (C=O) groups excluding carboxylic acids is 2. The molecule has 1 N–H and O–H groups in total. The number of ether oxygens (including phenoxy) is 2. The number of carbonyl (C=O) groups is 2. The Morgan fingerprint density at radius 1 is 0.929 bits per heavy atom. The summed E-state index contributed by atoms with van der Waals surface area (Å²) in [5.74, 6) is 0. The van der Waals surface area contributed by atoms with Gasteiger partial charge in [0.1, 0.15) is 12.8 Å². The van der Waals surface area contributed by atoms with Crippen LogP contribution in [0, 0.1) is 0 Å². The van der Waals surface area contributed by atoms with Crippen LogP contribution in [0.25, 0.3) is 0 Å². The van der Waals surface area contributed by atoms with Crippen molar-refractivity contribution in [2.75, 3.05) is 26.8 Å². The Morgan fingerprint density at radius 3 is 2.14 bits per heavy atom. The van der Waals surface area contributed by atoms with Gasteiger partial charge in [-0.1, -0.05) is 120 Å². The lowest BCUT2D eigenvalue weighted by Crippen LogP contribution is -2.50. The van der Waals surface area contributed by atoms with Crippen molar-refractivity contribution in [3.05, 3.63) is 17.1 Å². The van der Waals surface area contributed by atoms with E-state index < -0.39 is 6.23 Å². The third-order valence-electron chi connectivity index (χ3n) is 8.11.